The van der Waals surface area contributed by atoms with Crippen molar-refractivity contribution < 1.29 is 0 Å². The van der Waals surface area contributed by atoms with E-state index in [1.807, 2.05) is 31.0 Å². The Labute approximate surface area is 119 Å². The fourth-order valence-electron chi connectivity index (χ4n) is 2.01. The summed E-state index contributed by atoms with van der Waals surface area (Å²) in [4.78, 5) is 6.60. The van der Waals surface area contributed by atoms with Crippen LogP contribution in [0.15, 0.2) is 17.3 Å². The molecule has 6 heteroatoms. The number of rotatable bonds is 2. The van der Waals surface area contributed by atoms with Gasteiger partial charge in [-0.15, -0.1) is 24.0 Å². The van der Waals surface area contributed by atoms with Crippen LogP contribution >= 0.6 is 24.0 Å². The molecule has 1 aromatic heterocycles. The highest BCUT2D eigenvalue weighted by Crippen LogP contribution is 2.07. The number of guanidine groups is 1. The zero-order valence-corrected chi connectivity index (χ0v) is 12.7. The summed E-state index contributed by atoms with van der Waals surface area (Å²) in [7, 11) is 3.79. The molecule has 96 valence electrons. The third kappa shape index (κ3) is 3.58. The minimum absolute atomic E-state index is 0. The van der Waals surface area contributed by atoms with E-state index < -0.39 is 0 Å². The molecule has 0 atom stereocenters. The molecule has 5 nitrogen and oxygen atoms in total. The summed E-state index contributed by atoms with van der Waals surface area (Å²) >= 11 is 0. The molecule has 0 saturated carbocycles. The number of likely N-dealkylation sites (tertiary alicyclic amines) is 1. The van der Waals surface area contributed by atoms with E-state index in [9.17, 15) is 0 Å². The quantitative estimate of drug-likeness (QED) is 0.496. The molecule has 0 aromatic carbocycles. The van der Waals surface area contributed by atoms with Gasteiger partial charge in [0.15, 0.2) is 5.96 Å². The number of aryl methyl sites for hydroxylation is 1. The smallest absolute Gasteiger partial charge is 0.193 e. The van der Waals surface area contributed by atoms with Crippen molar-refractivity contribution in [1.29, 1.82) is 0 Å². The minimum atomic E-state index is 0. The van der Waals surface area contributed by atoms with E-state index in [2.05, 4.69) is 20.3 Å². The molecule has 1 saturated heterocycles. The van der Waals surface area contributed by atoms with Crippen LogP contribution in [0, 0.1) is 0 Å². The molecule has 17 heavy (non-hydrogen) atoms. The highest BCUT2D eigenvalue weighted by atomic mass is 127. The van der Waals surface area contributed by atoms with Crippen molar-refractivity contribution in [3.05, 3.63) is 18.0 Å². The van der Waals surface area contributed by atoms with Gasteiger partial charge in [-0.3, -0.25) is 9.67 Å². The van der Waals surface area contributed by atoms with Crippen LogP contribution < -0.4 is 5.32 Å². The van der Waals surface area contributed by atoms with Crippen molar-refractivity contribution in [2.45, 2.75) is 19.4 Å². The molecule has 0 amide bonds. The predicted molar refractivity (Wildman–Crippen MR) is 79.6 cm³/mol. The minimum Gasteiger partial charge on any atom is -0.351 e. The van der Waals surface area contributed by atoms with E-state index in [0.29, 0.717) is 0 Å². The van der Waals surface area contributed by atoms with E-state index in [-0.39, 0.29) is 24.0 Å². The van der Waals surface area contributed by atoms with Crippen LogP contribution in [0.5, 0.6) is 0 Å². The summed E-state index contributed by atoms with van der Waals surface area (Å²) in [6, 6.07) is 2.02. The van der Waals surface area contributed by atoms with Gasteiger partial charge in [0.05, 0.1) is 12.2 Å². The first-order valence-electron chi connectivity index (χ1n) is 5.74. The monoisotopic (exact) mass is 349 g/mol. The van der Waals surface area contributed by atoms with E-state index in [1.165, 1.54) is 18.5 Å². The van der Waals surface area contributed by atoms with Crippen LogP contribution in [0.25, 0.3) is 0 Å². The Morgan fingerprint density at radius 3 is 2.71 bits per heavy atom. The molecule has 0 spiro atoms. The van der Waals surface area contributed by atoms with Crippen LogP contribution in [-0.4, -0.2) is 40.8 Å². The van der Waals surface area contributed by atoms with Gasteiger partial charge >= 0.3 is 0 Å². The first-order chi connectivity index (χ1) is 7.81. The van der Waals surface area contributed by atoms with E-state index in [4.69, 9.17) is 0 Å². The fraction of sp³-hybridized carbons (Fsp3) is 0.636. The van der Waals surface area contributed by atoms with Crippen molar-refractivity contribution in [3.63, 3.8) is 0 Å². The van der Waals surface area contributed by atoms with E-state index in [0.717, 1.165) is 25.6 Å². The number of hydrogen-bond donors (Lipinski definition) is 1. The van der Waals surface area contributed by atoms with Gasteiger partial charge in [-0.2, -0.15) is 5.10 Å². The number of nitrogens with one attached hydrogen (secondary N) is 1. The van der Waals surface area contributed by atoms with Gasteiger partial charge in [0.2, 0.25) is 0 Å². The Morgan fingerprint density at radius 1 is 1.47 bits per heavy atom. The average Bonchev–Trinajstić information content (AvgIpc) is 2.92. The molecule has 0 radical (unpaired) electrons. The fourth-order valence-corrected chi connectivity index (χ4v) is 2.01. The average molecular weight is 349 g/mol. The molecule has 0 aliphatic carbocycles. The van der Waals surface area contributed by atoms with Crippen LogP contribution in [0.1, 0.15) is 18.5 Å². The van der Waals surface area contributed by atoms with Crippen LogP contribution in [-0.2, 0) is 13.6 Å². The number of aliphatic imine (C=N–C) groups is 1. The molecule has 1 fully saturated rings. The zero-order chi connectivity index (χ0) is 11.4. The summed E-state index contributed by atoms with van der Waals surface area (Å²) in [5.41, 5.74) is 1.17. The molecular formula is C11H20IN5. The molecular weight excluding hydrogens is 329 g/mol. The topological polar surface area (TPSA) is 45.5 Å². The zero-order valence-electron chi connectivity index (χ0n) is 10.4. The van der Waals surface area contributed by atoms with Gasteiger partial charge in [-0.1, -0.05) is 0 Å². The maximum absolute atomic E-state index is 4.30. The Kier molecular flexibility index (Phi) is 5.73. The van der Waals surface area contributed by atoms with Gasteiger partial charge in [-0.25, -0.2) is 0 Å². The molecule has 2 heterocycles. The summed E-state index contributed by atoms with van der Waals surface area (Å²) in [5, 5.41) is 7.51. The number of aromatic nitrogens is 2. The summed E-state index contributed by atoms with van der Waals surface area (Å²) < 4.78 is 1.88. The van der Waals surface area contributed by atoms with Crippen LogP contribution in [0.3, 0.4) is 0 Å². The number of halogens is 1. The molecule has 0 bridgehead atoms. The standard InChI is InChI=1S/C11H19N5.HI/c1-12-11(16-7-3-4-8-16)13-9-10-5-6-14-15(10)2;/h5-6H,3-4,7-9H2,1-2H3,(H,12,13);1H. The molecule has 1 aliphatic rings. The third-order valence-electron chi connectivity index (χ3n) is 2.97. The first-order valence-corrected chi connectivity index (χ1v) is 5.74. The highest BCUT2D eigenvalue weighted by molar-refractivity contribution is 14.0. The predicted octanol–water partition coefficient (Wildman–Crippen LogP) is 1.21. The maximum Gasteiger partial charge on any atom is 0.193 e. The largest absolute Gasteiger partial charge is 0.351 e. The van der Waals surface area contributed by atoms with Crippen LogP contribution in [0.4, 0.5) is 0 Å². The maximum atomic E-state index is 4.30. The van der Waals surface area contributed by atoms with Crippen molar-refractivity contribution in [2.24, 2.45) is 12.0 Å². The lowest BCUT2D eigenvalue weighted by atomic mass is 10.4. The molecule has 1 N–H and O–H groups in total. The van der Waals surface area contributed by atoms with Gasteiger partial charge in [-0.05, 0) is 18.9 Å². The molecule has 2 rings (SSSR count). The SMILES string of the molecule is CN=C(NCc1ccnn1C)N1CCCC1.I. The lowest BCUT2D eigenvalue weighted by Crippen LogP contribution is -2.39. The normalized spacial score (nSPS) is 15.9. The summed E-state index contributed by atoms with van der Waals surface area (Å²) in [5.74, 6) is 0.999. The number of hydrogen-bond acceptors (Lipinski definition) is 2. The van der Waals surface area contributed by atoms with Crippen molar-refractivity contribution in [3.8, 4) is 0 Å². The Hall–Kier alpha value is -0.790. The lowest BCUT2D eigenvalue weighted by Gasteiger charge is -2.20. The van der Waals surface area contributed by atoms with Gasteiger partial charge in [0.25, 0.3) is 0 Å². The van der Waals surface area contributed by atoms with Crippen LogP contribution in [0.2, 0.25) is 0 Å². The van der Waals surface area contributed by atoms with E-state index >= 15 is 0 Å². The Morgan fingerprint density at radius 2 is 2.18 bits per heavy atom. The molecule has 0 unspecified atom stereocenters. The lowest BCUT2D eigenvalue weighted by molar-refractivity contribution is 0.491. The van der Waals surface area contributed by atoms with Crippen molar-refractivity contribution in [2.75, 3.05) is 20.1 Å². The van der Waals surface area contributed by atoms with Gasteiger partial charge in [0.1, 0.15) is 0 Å². The van der Waals surface area contributed by atoms with Gasteiger partial charge < -0.3 is 10.2 Å². The van der Waals surface area contributed by atoms with E-state index in [1.54, 1.807) is 0 Å². The Bertz CT molecular complexity index is 368. The summed E-state index contributed by atoms with van der Waals surface area (Å²) in [6.45, 7) is 3.01. The highest BCUT2D eigenvalue weighted by Gasteiger charge is 2.15. The Balaban J connectivity index is 0.00000144. The third-order valence-corrected chi connectivity index (χ3v) is 2.97. The second kappa shape index (κ2) is 6.83. The second-order valence-electron chi connectivity index (χ2n) is 4.04. The molecule has 1 aromatic rings. The first kappa shape index (κ1) is 14.3. The second-order valence-corrected chi connectivity index (χ2v) is 4.04. The molecule has 1 aliphatic heterocycles. The summed E-state index contributed by atoms with van der Waals surface area (Å²) in [6.07, 6.45) is 4.36. The van der Waals surface area contributed by atoms with Crippen molar-refractivity contribution >= 4 is 29.9 Å². The van der Waals surface area contributed by atoms with Gasteiger partial charge in [0, 0.05) is 33.4 Å². The van der Waals surface area contributed by atoms with Crippen molar-refractivity contribution in [1.82, 2.24) is 20.0 Å². The number of nitrogens with zero attached hydrogens (tertiary/aromatic N) is 4.